The maximum atomic E-state index is 11.9. The van der Waals surface area contributed by atoms with Gasteiger partial charge >= 0.3 is 0 Å². The van der Waals surface area contributed by atoms with Crippen molar-refractivity contribution < 1.29 is 4.79 Å². The van der Waals surface area contributed by atoms with Gasteiger partial charge in [0, 0.05) is 17.4 Å². The molecule has 3 rings (SSSR count). The summed E-state index contributed by atoms with van der Waals surface area (Å²) < 4.78 is 3.17. The molecule has 0 radical (unpaired) electrons. The number of rotatable bonds is 9. The van der Waals surface area contributed by atoms with Gasteiger partial charge in [0.25, 0.3) is 5.91 Å². The highest BCUT2D eigenvalue weighted by atomic mass is 79.9. The van der Waals surface area contributed by atoms with E-state index in [0.717, 1.165) is 58.4 Å². The van der Waals surface area contributed by atoms with Crippen molar-refractivity contribution in [1.29, 1.82) is 0 Å². The van der Waals surface area contributed by atoms with E-state index in [1.54, 1.807) is 0 Å². The van der Waals surface area contributed by atoms with Gasteiger partial charge in [-0.3, -0.25) is 4.79 Å². The number of aromatic nitrogens is 2. The zero-order valence-electron chi connectivity index (χ0n) is 14.6. The minimum absolute atomic E-state index is 0.0256. The number of aryl methyl sites for hydroxylation is 1. The van der Waals surface area contributed by atoms with Crippen LogP contribution in [0.25, 0.3) is 11.0 Å². The van der Waals surface area contributed by atoms with Crippen LogP contribution in [0, 0.1) is 0 Å². The lowest BCUT2D eigenvalue weighted by Gasteiger charge is -2.08. The normalized spacial score (nSPS) is 11.0. The minimum Gasteiger partial charge on any atom is -0.351 e. The quantitative estimate of drug-likeness (QED) is 0.476. The van der Waals surface area contributed by atoms with Crippen molar-refractivity contribution in [3.05, 3.63) is 63.5 Å². The van der Waals surface area contributed by atoms with Crippen LogP contribution in [0.4, 0.5) is 0 Å². The van der Waals surface area contributed by atoms with E-state index < -0.39 is 0 Å². The first-order chi connectivity index (χ1) is 12.6. The maximum Gasteiger partial charge on any atom is 0.261 e. The second-order valence-corrected chi connectivity index (χ2v) is 8.23. The predicted octanol–water partition coefficient (Wildman–Crippen LogP) is 5.15. The van der Waals surface area contributed by atoms with E-state index in [1.165, 1.54) is 11.3 Å². The SMILES string of the molecule is C=C(Br)Cn1c(CCCCCNC(=O)c2cccs2)nc2ccccc21. The number of unbranched alkanes of at least 4 members (excludes halogenated alkanes) is 2. The number of carbonyl (C=O) groups excluding carboxylic acids is 1. The van der Waals surface area contributed by atoms with Crippen molar-refractivity contribution in [3.63, 3.8) is 0 Å². The Kier molecular flexibility index (Phi) is 6.63. The average molecular weight is 432 g/mol. The van der Waals surface area contributed by atoms with Crippen molar-refractivity contribution in [3.8, 4) is 0 Å². The van der Waals surface area contributed by atoms with Gasteiger partial charge in [-0.1, -0.05) is 47.1 Å². The lowest BCUT2D eigenvalue weighted by molar-refractivity contribution is 0.0957. The van der Waals surface area contributed by atoms with Gasteiger partial charge in [-0.2, -0.15) is 0 Å². The summed E-state index contributed by atoms with van der Waals surface area (Å²) in [6, 6.07) is 11.9. The Morgan fingerprint density at radius 3 is 2.81 bits per heavy atom. The lowest BCUT2D eigenvalue weighted by Crippen LogP contribution is -2.23. The third-order valence-corrected chi connectivity index (χ3v) is 5.29. The number of para-hydroxylation sites is 2. The molecule has 2 aromatic heterocycles. The van der Waals surface area contributed by atoms with Gasteiger partial charge in [0.05, 0.1) is 22.5 Å². The second kappa shape index (κ2) is 9.14. The number of benzene rings is 1. The van der Waals surface area contributed by atoms with Crippen LogP contribution in [0.1, 0.15) is 34.8 Å². The highest BCUT2D eigenvalue weighted by Crippen LogP contribution is 2.20. The zero-order chi connectivity index (χ0) is 18.4. The van der Waals surface area contributed by atoms with E-state index in [-0.39, 0.29) is 5.91 Å². The first kappa shape index (κ1) is 18.9. The summed E-state index contributed by atoms with van der Waals surface area (Å²) in [6.07, 6.45) is 4.01. The molecular formula is C20H22BrN3OS. The molecule has 0 fully saturated rings. The fourth-order valence-electron chi connectivity index (χ4n) is 2.95. The standard InChI is InChI=1S/C20H22BrN3OS/c1-15(21)14-24-17-9-5-4-8-16(17)23-19(24)11-3-2-6-12-22-20(25)18-10-7-13-26-18/h4-5,7-10,13H,1-3,6,11-12,14H2,(H,22,25). The molecule has 1 N–H and O–H groups in total. The Morgan fingerprint density at radius 1 is 1.19 bits per heavy atom. The summed E-state index contributed by atoms with van der Waals surface area (Å²) >= 11 is 4.94. The third kappa shape index (κ3) is 4.83. The Bertz CT molecular complexity index is 886. The van der Waals surface area contributed by atoms with Crippen LogP contribution >= 0.6 is 27.3 Å². The molecule has 2 heterocycles. The molecule has 1 amide bonds. The summed E-state index contributed by atoms with van der Waals surface area (Å²) in [5, 5.41) is 4.89. The molecule has 3 aromatic rings. The van der Waals surface area contributed by atoms with E-state index in [9.17, 15) is 4.79 Å². The van der Waals surface area contributed by atoms with Crippen LogP contribution in [-0.4, -0.2) is 22.0 Å². The smallest absolute Gasteiger partial charge is 0.261 e. The molecular weight excluding hydrogens is 410 g/mol. The number of hydrogen-bond acceptors (Lipinski definition) is 3. The number of hydrogen-bond donors (Lipinski definition) is 1. The van der Waals surface area contributed by atoms with Crippen LogP contribution in [-0.2, 0) is 13.0 Å². The molecule has 136 valence electrons. The highest BCUT2D eigenvalue weighted by Gasteiger charge is 2.10. The fourth-order valence-corrected chi connectivity index (χ4v) is 3.84. The molecule has 0 saturated carbocycles. The van der Waals surface area contributed by atoms with E-state index in [1.807, 2.05) is 35.7 Å². The monoisotopic (exact) mass is 431 g/mol. The molecule has 0 bridgehead atoms. The van der Waals surface area contributed by atoms with Crippen LogP contribution in [0.2, 0.25) is 0 Å². The summed E-state index contributed by atoms with van der Waals surface area (Å²) in [6.45, 7) is 5.41. The van der Waals surface area contributed by atoms with Crippen molar-refractivity contribution in [2.24, 2.45) is 0 Å². The molecule has 0 aliphatic heterocycles. The number of halogens is 1. The molecule has 1 aromatic carbocycles. The number of nitrogens with one attached hydrogen (secondary N) is 1. The Labute approximate surface area is 166 Å². The van der Waals surface area contributed by atoms with Gasteiger partial charge in [0.2, 0.25) is 0 Å². The lowest BCUT2D eigenvalue weighted by atomic mass is 10.2. The van der Waals surface area contributed by atoms with Crippen LogP contribution in [0.15, 0.2) is 52.8 Å². The first-order valence-electron chi connectivity index (χ1n) is 8.74. The van der Waals surface area contributed by atoms with E-state index in [0.29, 0.717) is 6.54 Å². The van der Waals surface area contributed by atoms with Gasteiger partial charge < -0.3 is 9.88 Å². The van der Waals surface area contributed by atoms with Gasteiger partial charge in [0.1, 0.15) is 5.82 Å². The third-order valence-electron chi connectivity index (χ3n) is 4.17. The van der Waals surface area contributed by atoms with E-state index >= 15 is 0 Å². The van der Waals surface area contributed by atoms with Crippen LogP contribution < -0.4 is 5.32 Å². The van der Waals surface area contributed by atoms with Gasteiger partial charge in [-0.25, -0.2) is 4.98 Å². The summed E-state index contributed by atoms with van der Waals surface area (Å²) in [7, 11) is 0. The molecule has 26 heavy (non-hydrogen) atoms. The first-order valence-corrected chi connectivity index (χ1v) is 10.4. The number of thiophene rings is 1. The number of nitrogens with zero attached hydrogens (tertiary/aromatic N) is 2. The topological polar surface area (TPSA) is 46.9 Å². The van der Waals surface area contributed by atoms with Crippen molar-refractivity contribution in [2.75, 3.05) is 6.54 Å². The van der Waals surface area contributed by atoms with E-state index in [2.05, 4.69) is 38.5 Å². The van der Waals surface area contributed by atoms with Crippen LogP contribution in [0.3, 0.4) is 0 Å². The number of carbonyl (C=O) groups is 1. The number of imidazole rings is 1. The molecule has 0 aliphatic rings. The number of fused-ring (bicyclic) bond motifs is 1. The number of allylic oxidation sites excluding steroid dienone is 1. The fraction of sp³-hybridized carbons (Fsp3) is 0.300. The molecule has 4 nitrogen and oxygen atoms in total. The maximum absolute atomic E-state index is 11.9. The molecule has 6 heteroatoms. The van der Waals surface area contributed by atoms with Gasteiger partial charge in [-0.05, 0) is 36.4 Å². The van der Waals surface area contributed by atoms with Gasteiger partial charge in [0.15, 0.2) is 0 Å². The van der Waals surface area contributed by atoms with Crippen molar-refractivity contribution in [1.82, 2.24) is 14.9 Å². The molecule has 0 unspecified atom stereocenters. The molecule has 0 spiro atoms. The zero-order valence-corrected chi connectivity index (χ0v) is 17.0. The van der Waals surface area contributed by atoms with Gasteiger partial charge in [-0.15, -0.1) is 11.3 Å². The van der Waals surface area contributed by atoms with Crippen molar-refractivity contribution in [2.45, 2.75) is 32.2 Å². The highest BCUT2D eigenvalue weighted by molar-refractivity contribution is 9.11. The summed E-state index contributed by atoms with van der Waals surface area (Å²) in [5.41, 5.74) is 2.17. The second-order valence-electron chi connectivity index (χ2n) is 6.16. The Morgan fingerprint density at radius 2 is 2.04 bits per heavy atom. The minimum atomic E-state index is 0.0256. The van der Waals surface area contributed by atoms with E-state index in [4.69, 9.17) is 4.98 Å². The Balaban J connectivity index is 1.48. The largest absolute Gasteiger partial charge is 0.351 e. The van der Waals surface area contributed by atoms with Crippen LogP contribution in [0.5, 0.6) is 0 Å². The predicted molar refractivity (Wildman–Crippen MR) is 112 cm³/mol. The Hall–Kier alpha value is -1.92. The van der Waals surface area contributed by atoms with Crippen molar-refractivity contribution >= 4 is 44.2 Å². The molecule has 0 aliphatic carbocycles. The summed E-state index contributed by atoms with van der Waals surface area (Å²) in [4.78, 5) is 17.4. The summed E-state index contributed by atoms with van der Waals surface area (Å²) in [5.74, 6) is 1.12. The molecule has 0 atom stereocenters. The molecule has 0 saturated heterocycles. The average Bonchev–Trinajstić information content (AvgIpc) is 3.26. The number of amides is 1.